The molecular weight excluding hydrogens is 316 g/mol. The van der Waals surface area contributed by atoms with E-state index < -0.39 is 0 Å². The van der Waals surface area contributed by atoms with Crippen molar-refractivity contribution in [2.24, 2.45) is 11.7 Å². The molecule has 0 bridgehead atoms. The highest BCUT2D eigenvalue weighted by Crippen LogP contribution is 2.27. The summed E-state index contributed by atoms with van der Waals surface area (Å²) < 4.78 is 0.985. The van der Waals surface area contributed by atoms with Gasteiger partial charge in [-0.2, -0.15) is 0 Å². The fourth-order valence-corrected chi connectivity index (χ4v) is 2.41. The number of aliphatic hydroxyl groups excluding tert-OH is 1. The minimum Gasteiger partial charge on any atom is -0.396 e. The predicted octanol–water partition coefficient (Wildman–Crippen LogP) is 2.71. The molecule has 0 amide bonds. The van der Waals surface area contributed by atoms with E-state index in [1.165, 1.54) is 0 Å². The standard InChI is InChI=1S/C13H20BrClN2O/c1-8(7-18)9(2)17-13(6-16)11-5-10(15)3-4-12(11)14/h3-5,8-9,13,17-18H,6-7,16H2,1-2H3. The summed E-state index contributed by atoms with van der Waals surface area (Å²) >= 11 is 9.53. The van der Waals surface area contributed by atoms with Crippen molar-refractivity contribution in [1.82, 2.24) is 5.32 Å². The molecule has 0 heterocycles. The van der Waals surface area contributed by atoms with Gasteiger partial charge in [-0.05, 0) is 36.6 Å². The first-order valence-electron chi connectivity index (χ1n) is 6.01. The lowest BCUT2D eigenvalue weighted by Gasteiger charge is -2.26. The van der Waals surface area contributed by atoms with Gasteiger partial charge < -0.3 is 16.2 Å². The summed E-state index contributed by atoms with van der Waals surface area (Å²) in [6, 6.07) is 5.86. The van der Waals surface area contributed by atoms with Crippen molar-refractivity contribution in [1.29, 1.82) is 0 Å². The van der Waals surface area contributed by atoms with Crippen molar-refractivity contribution in [2.75, 3.05) is 13.2 Å². The molecule has 4 N–H and O–H groups in total. The topological polar surface area (TPSA) is 58.3 Å². The largest absolute Gasteiger partial charge is 0.396 e. The van der Waals surface area contributed by atoms with Gasteiger partial charge in [-0.3, -0.25) is 0 Å². The van der Waals surface area contributed by atoms with Crippen LogP contribution < -0.4 is 11.1 Å². The molecule has 0 saturated carbocycles. The maximum atomic E-state index is 9.16. The van der Waals surface area contributed by atoms with Crippen molar-refractivity contribution >= 4 is 27.5 Å². The average molecular weight is 336 g/mol. The molecule has 0 saturated heterocycles. The Balaban J connectivity index is 2.86. The number of halogens is 2. The number of hydrogen-bond acceptors (Lipinski definition) is 3. The van der Waals surface area contributed by atoms with Gasteiger partial charge in [0.15, 0.2) is 0 Å². The van der Waals surface area contributed by atoms with Crippen LogP contribution in [0.5, 0.6) is 0 Å². The van der Waals surface area contributed by atoms with E-state index in [1.807, 2.05) is 32.0 Å². The number of aliphatic hydroxyl groups is 1. The molecule has 0 aromatic heterocycles. The second kappa shape index (κ2) is 7.46. The minimum atomic E-state index is 0.0158. The molecule has 1 aromatic carbocycles. The molecule has 0 radical (unpaired) electrons. The zero-order valence-corrected chi connectivity index (χ0v) is 13.0. The minimum absolute atomic E-state index is 0.0158. The SMILES string of the molecule is CC(CO)C(C)NC(CN)c1cc(Cl)ccc1Br. The number of nitrogens with two attached hydrogens (primary N) is 1. The van der Waals surface area contributed by atoms with Crippen molar-refractivity contribution in [2.45, 2.75) is 25.9 Å². The first kappa shape index (κ1) is 15.9. The van der Waals surface area contributed by atoms with Crippen LogP contribution in [0.25, 0.3) is 0 Å². The van der Waals surface area contributed by atoms with Gasteiger partial charge in [-0.15, -0.1) is 0 Å². The molecule has 0 fully saturated rings. The lowest BCUT2D eigenvalue weighted by molar-refractivity contribution is 0.201. The Hall–Kier alpha value is -0.130. The molecule has 102 valence electrons. The van der Waals surface area contributed by atoms with E-state index in [4.69, 9.17) is 22.4 Å². The van der Waals surface area contributed by atoms with Crippen LogP contribution in [0.15, 0.2) is 22.7 Å². The van der Waals surface area contributed by atoms with E-state index >= 15 is 0 Å². The van der Waals surface area contributed by atoms with Crippen LogP contribution in [0, 0.1) is 5.92 Å². The normalized spacial score (nSPS) is 16.3. The Kier molecular flexibility index (Phi) is 6.60. The van der Waals surface area contributed by atoms with Gasteiger partial charge >= 0.3 is 0 Å². The summed E-state index contributed by atoms with van der Waals surface area (Å²) in [5.41, 5.74) is 6.87. The second-order valence-corrected chi connectivity index (χ2v) is 5.86. The predicted molar refractivity (Wildman–Crippen MR) is 79.8 cm³/mol. The number of hydrogen-bond donors (Lipinski definition) is 3. The number of benzene rings is 1. The molecule has 0 aliphatic heterocycles. The summed E-state index contributed by atoms with van der Waals surface area (Å²) in [6.07, 6.45) is 0. The van der Waals surface area contributed by atoms with Crippen LogP contribution in [0.2, 0.25) is 5.02 Å². The molecule has 1 rings (SSSR count). The van der Waals surface area contributed by atoms with Crippen LogP contribution in [-0.4, -0.2) is 24.3 Å². The lowest BCUT2D eigenvalue weighted by atomic mass is 10.0. The van der Waals surface area contributed by atoms with E-state index in [0.717, 1.165) is 10.0 Å². The quantitative estimate of drug-likeness (QED) is 0.749. The van der Waals surface area contributed by atoms with Crippen LogP contribution in [-0.2, 0) is 0 Å². The summed E-state index contributed by atoms with van der Waals surface area (Å²) in [7, 11) is 0. The number of nitrogens with one attached hydrogen (secondary N) is 1. The van der Waals surface area contributed by atoms with Crippen LogP contribution in [0.4, 0.5) is 0 Å². The monoisotopic (exact) mass is 334 g/mol. The van der Waals surface area contributed by atoms with Gasteiger partial charge in [0.2, 0.25) is 0 Å². The zero-order chi connectivity index (χ0) is 13.7. The van der Waals surface area contributed by atoms with Crippen LogP contribution >= 0.6 is 27.5 Å². The van der Waals surface area contributed by atoms with E-state index in [0.29, 0.717) is 11.6 Å². The molecule has 1 aromatic rings. The Morgan fingerprint density at radius 2 is 2.11 bits per heavy atom. The summed E-state index contributed by atoms with van der Waals surface area (Å²) in [5.74, 6) is 0.178. The summed E-state index contributed by atoms with van der Waals surface area (Å²) in [5, 5.41) is 13.3. The Morgan fingerprint density at radius 3 is 2.67 bits per heavy atom. The molecule has 3 unspecified atom stereocenters. The van der Waals surface area contributed by atoms with Gasteiger partial charge in [0.25, 0.3) is 0 Å². The fraction of sp³-hybridized carbons (Fsp3) is 0.538. The molecule has 3 atom stereocenters. The van der Waals surface area contributed by atoms with Gasteiger partial charge in [-0.25, -0.2) is 0 Å². The third-order valence-corrected chi connectivity index (χ3v) is 4.13. The van der Waals surface area contributed by atoms with E-state index in [-0.39, 0.29) is 24.6 Å². The first-order valence-corrected chi connectivity index (χ1v) is 7.18. The molecule has 0 aliphatic rings. The molecule has 3 nitrogen and oxygen atoms in total. The Morgan fingerprint density at radius 1 is 1.44 bits per heavy atom. The third kappa shape index (κ3) is 4.21. The van der Waals surface area contributed by atoms with Crippen molar-refractivity contribution in [3.05, 3.63) is 33.3 Å². The van der Waals surface area contributed by atoms with Gasteiger partial charge in [0, 0.05) is 34.7 Å². The molecule has 0 aliphatic carbocycles. The Labute approximate surface area is 122 Å². The van der Waals surface area contributed by atoms with E-state index in [1.54, 1.807) is 0 Å². The van der Waals surface area contributed by atoms with Crippen LogP contribution in [0.1, 0.15) is 25.5 Å². The van der Waals surface area contributed by atoms with Gasteiger partial charge in [0.1, 0.15) is 0 Å². The molecular formula is C13H20BrClN2O. The highest BCUT2D eigenvalue weighted by Gasteiger charge is 2.18. The molecule has 18 heavy (non-hydrogen) atoms. The highest BCUT2D eigenvalue weighted by atomic mass is 79.9. The molecule has 5 heteroatoms. The third-order valence-electron chi connectivity index (χ3n) is 3.17. The van der Waals surface area contributed by atoms with Crippen molar-refractivity contribution in [3.8, 4) is 0 Å². The maximum Gasteiger partial charge on any atom is 0.0471 e. The highest BCUT2D eigenvalue weighted by molar-refractivity contribution is 9.10. The maximum absolute atomic E-state index is 9.16. The fourth-order valence-electron chi connectivity index (χ4n) is 1.71. The van der Waals surface area contributed by atoms with Gasteiger partial charge in [0.05, 0.1) is 0 Å². The van der Waals surface area contributed by atoms with Crippen LogP contribution in [0.3, 0.4) is 0 Å². The van der Waals surface area contributed by atoms with Crippen molar-refractivity contribution in [3.63, 3.8) is 0 Å². The Bertz CT molecular complexity index is 389. The second-order valence-electron chi connectivity index (χ2n) is 4.57. The average Bonchev–Trinajstić information content (AvgIpc) is 2.37. The van der Waals surface area contributed by atoms with E-state index in [9.17, 15) is 0 Å². The summed E-state index contributed by atoms with van der Waals surface area (Å²) in [4.78, 5) is 0. The molecule has 0 spiro atoms. The zero-order valence-electron chi connectivity index (χ0n) is 10.7. The van der Waals surface area contributed by atoms with E-state index in [2.05, 4.69) is 21.2 Å². The number of rotatable bonds is 6. The van der Waals surface area contributed by atoms with Crippen molar-refractivity contribution < 1.29 is 5.11 Å². The smallest absolute Gasteiger partial charge is 0.0471 e. The first-order chi connectivity index (χ1) is 8.49. The van der Waals surface area contributed by atoms with Gasteiger partial charge in [-0.1, -0.05) is 34.5 Å². The lowest BCUT2D eigenvalue weighted by Crippen LogP contribution is -2.39. The summed E-state index contributed by atoms with van der Waals surface area (Å²) in [6.45, 7) is 4.67.